The summed E-state index contributed by atoms with van der Waals surface area (Å²) in [4.78, 5) is 23.5. The van der Waals surface area contributed by atoms with E-state index in [4.69, 9.17) is 4.74 Å². The molecule has 0 aliphatic rings. The molecule has 1 aromatic carbocycles. The molecule has 0 atom stereocenters. The molecule has 2 rings (SSSR count). The highest BCUT2D eigenvalue weighted by Gasteiger charge is 2.06. The van der Waals surface area contributed by atoms with Crippen molar-refractivity contribution in [1.82, 2.24) is 9.88 Å². The van der Waals surface area contributed by atoms with Gasteiger partial charge in [-0.25, -0.2) is 0 Å². The van der Waals surface area contributed by atoms with Gasteiger partial charge in [0.05, 0.1) is 6.10 Å². The zero-order valence-corrected chi connectivity index (χ0v) is 13.0. The molecule has 0 aliphatic heterocycles. The van der Waals surface area contributed by atoms with Gasteiger partial charge in [-0.1, -0.05) is 12.1 Å². The first kappa shape index (κ1) is 15.8. The second-order valence-electron chi connectivity index (χ2n) is 5.36. The molecule has 1 amide bonds. The molecule has 0 spiro atoms. The minimum Gasteiger partial charge on any atom is -0.491 e. The summed E-state index contributed by atoms with van der Waals surface area (Å²) >= 11 is 0. The molecule has 0 saturated carbocycles. The number of carbonyl (C=O) groups excluding carboxylic acids is 1. The van der Waals surface area contributed by atoms with Gasteiger partial charge in [0.2, 0.25) is 0 Å². The van der Waals surface area contributed by atoms with Gasteiger partial charge >= 0.3 is 0 Å². The van der Waals surface area contributed by atoms with E-state index >= 15 is 0 Å². The van der Waals surface area contributed by atoms with Crippen LogP contribution in [0.5, 0.6) is 5.75 Å². The molecule has 2 aromatic rings. The number of nitrogens with one attached hydrogen (secondary N) is 1. The standard InChI is InChI=1S/C17H20N2O3/c1-12(2)22-15-6-4-13(5-7-15)11-18-17(21)14-8-9-19(3)16(20)10-14/h4-10,12H,11H2,1-3H3,(H,18,21). The SMILES string of the molecule is CC(C)Oc1ccc(CNC(=O)c2ccn(C)c(=O)c2)cc1. The first-order valence-electron chi connectivity index (χ1n) is 7.16. The van der Waals surface area contributed by atoms with Crippen molar-refractivity contribution in [3.8, 4) is 5.75 Å². The summed E-state index contributed by atoms with van der Waals surface area (Å²) in [5, 5.41) is 2.79. The van der Waals surface area contributed by atoms with Gasteiger partial charge in [-0.05, 0) is 37.6 Å². The van der Waals surface area contributed by atoms with Gasteiger partial charge in [0.15, 0.2) is 0 Å². The summed E-state index contributed by atoms with van der Waals surface area (Å²) in [6, 6.07) is 10.5. The van der Waals surface area contributed by atoms with Crippen molar-refractivity contribution in [1.29, 1.82) is 0 Å². The highest BCUT2D eigenvalue weighted by Crippen LogP contribution is 2.13. The van der Waals surface area contributed by atoms with Gasteiger partial charge in [-0.3, -0.25) is 9.59 Å². The molecule has 1 N–H and O–H groups in total. The number of hydrogen-bond donors (Lipinski definition) is 1. The quantitative estimate of drug-likeness (QED) is 0.920. The predicted molar refractivity (Wildman–Crippen MR) is 85.1 cm³/mol. The first-order chi connectivity index (χ1) is 10.5. The topological polar surface area (TPSA) is 60.3 Å². The lowest BCUT2D eigenvalue weighted by atomic mass is 10.2. The van der Waals surface area contributed by atoms with Crippen molar-refractivity contribution in [2.75, 3.05) is 0 Å². The normalized spacial score (nSPS) is 10.5. The van der Waals surface area contributed by atoms with Gasteiger partial charge in [-0.2, -0.15) is 0 Å². The van der Waals surface area contributed by atoms with Crippen molar-refractivity contribution in [3.05, 3.63) is 64.1 Å². The highest BCUT2D eigenvalue weighted by molar-refractivity contribution is 5.93. The Hall–Kier alpha value is -2.56. The molecule has 1 heterocycles. The molecule has 5 heteroatoms. The van der Waals surface area contributed by atoms with Crippen LogP contribution in [0.3, 0.4) is 0 Å². The molecule has 0 fully saturated rings. The summed E-state index contributed by atoms with van der Waals surface area (Å²) in [6.07, 6.45) is 1.71. The van der Waals surface area contributed by atoms with Gasteiger partial charge < -0.3 is 14.6 Å². The van der Waals surface area contributed by atoms with Crippen LogP contribution in [-0.4, -0.2) is 16.6 Å². The summed E-state index contributed by atoms with van der Waals surface area (Å²) in [5.41, 5.74) is 1.12. The lowest BCUT2D eigenvalue weighted by molar-refractivity contribution is 0.0950. The maximum atomic E-state index is 12.0. The maximum absolute atomic E-state index is 12.0. The first-order valence-corrected chi connectivity index (χ1v) is 7.16. The molecular formula is C17H20N2O3. The second kappa shape index (κ2) is 6.93. The Labute approximate surface area is 129 Å². The van der Waals surface area contributed by atoms with Crippen LogP contribution in [0.2, 0.25) is 0 Å². The Balaban J connectivity index is 1.95. The summed E-state index contributed by atoms with van der Waals surface area (Å²) in [5.74, 6) is 0.539. The van der Waals surface area contributed by atoms with Crippen molar-refractivity contribution in [3.63, 3.8) is 0 Å². The van der Waals surface area contributed by atoms with E-state index in [-0.39, 0.29) is 17.6 Å². The molecule has 0 unspecified atom stereocenters. The van der Waals surface area contributed by atoms with Gasteiger partial charge in [0.1, 0.15) is 5.75 Å². The van der Waals surface area contributed by atoms with Crippen molar-refractivity contribution < 1.29 is 9.53 Å². The fraction of sp³-hybridized carbons (Fsp3) is 0.294. The van der Waals surface area contributed by atoms with E-state index in [9.17, 15) is 9.59 Å². The molecule has 0 bridgehead atoms. The number of nitrogens with zero attached hydrogens (tertiary/aromatic N) is 1. The third-order valence-electron chi connectivity index (χ3n) is 3.11. The van der Waals surface area contributed by atoms with Crippen LogP contribution in [0.15, 0.2) is 47.4 Å². The van der Waals surface area contributed by atoms with Crippen LogP contribution >= 0.6 is 0 Å². The van der Waals surface area contributed by atoms with Crippen LogP contribution < -0.4 is 15.6 Å². The second-order valence-corrected chi connectivity index (χ2v) is 5.36. The molecular weight excluding hydrogens is 280 g/mol. The molecule has 5 nitrogen and oxygen atoms in total. The van der Waals surface area contributed by atoms with Gasteiger partial charge in [0.25, 0.3) is 11.5 Å². The third kappa shape index (κ3) is 4.22. The number of aromatic nitrogens is 1. The Morgan fingerprint density at radius 1 is 1.23 bits per heavy atom. The number of rotatable bonds is 5. The molecule has 0 aliphatic carbocycles. The number of carbonyl (C=O) groups is 1. The van der Waals surface area contributed by atoms with Gasteiger partial charge in [0, 0.05) is 31.4 Å². The van der Waals surface area contributed by atoms with Crippen LogP contribution in [-0.2, 0) is 13.6 Å². The van der Waals surface area contributed by atoms with E-state index < -0.39 is 0 Å². The fourth-order valence-corrected chi connectivity index (χ4v) is 1.93. The average Bonchev–Trinajstić information content (AvgIpc) is 2.48. The van der Waals surface area contributed by atoms with Gasteiger partial charge in [-0.15, -0.1) is 0 Å². The Morgan fingerprint density at radius 3 is 2.50 bits per heavy atom. The van der Waals surface area contributed by atoms with E-state index in [1.165, 1.54) is 10.6 Å². The van der Waals surface area contributed by atoms with Crippen molar-refractivity contribution >= 4 is 5.91 Å². The molecule has 116 valence electrons. The fourth-order valence-electron chi connectivity index (χ4n) is 1.93. The van der Waals surface area contributed by atoms with E-state index in [0.717, 1.165) is 11.3 Å². The lowest BCUT2D eigenvalue weighted by Crippen LogP contribution is -2.25. The zero-order chi connectivity index (χ0) is 16.1. The highest BCUT2D eigenvalue weighted by atomic mass is 16.5. The van der Waals surface area contributed by atoms with Crippen LogP contribution in [0, 0.1) is 0 Å². The Bertz CT molecular complexity index is 703. The predicted octanol–water partition coefficient (Wildman–Crippen LogP) is 2.10. The van der Waals surface area contributed by atoms with Crippen LogP contribution in [0.25, 0.3) is 0 Å². The number of aryl methyl sites for hydroxylation is 1. The molecule has 22 heavy (non-hydrogen) atoms. The van der Waals surface area contributed by atoms with Crippen molar-refractivity contribution in [2.45, 2.75) is 26.5 Å². The summed E-state index contributed by atoms with van der Waals surface area (Å²) in [7, 11) is 1.64. The summed E-state index contributed by atoms with van der Waals surface area (Å²) < 4.78 is 6.98. The lowest BCUT2D eigenvalue weighted by Gasteiger charge is -2.10. The van der Waals surface area contributed by atoms with E-state index in [2.05, 4.69) is 5.32 Å². The largest absolute Gasteiger partial charge is 0.491 e. The number of hydrogen-bond acceptors (Lipinski definition) is 3. The minimum absolute atomic E-state index is 0.131. The molecule has 0 radical (unpaired) electrons. The summed E-state index contributed by atoms with van der Waals surface area (Å²) in [6.45, 7) is 4.34. The number of benzene rings is 1. The third-order valence-corrected chi connectivity index (χ3v) is 3.11. The van der Waals surface area contributed by atoms with Crippen LogP contribution in [0.4, 0.5) is 0 Å². The Kier molecular flexibility index (Phi) is 4.99. The zero-order valence-electron chi connectivity index (χ0n) is 13.0. The monoisotopic (exact) mass is 300 g/mol. The number of ether oxygens (including phenoxy) is 1. The van der Waals surface area contributed by atoms with E-state index in [1.54, 1.807) is 19.3 Å². The number of amides is 1. The molecule has 1 aromatic heterocycles. The van der Waals surface area contributed by atoms with E-state index in [0.29, 0.717) is 12.1 Å². The smallest absolute Gasteiger partial charge is 0.251 e. The van der Waals surface area contributed by atoms with Crippen LogP contribution in [0.1, 0.15) is 29.8 Å². The average molecular weight is 300 g/mol. The molecule has 0 saturated heterocycles. The Morgan fingerprint density at radius 2 is 1.91 bits per heavy atom. The number of pyridine rings is 1. The minimum atomic E-state index is -0.264. The van der Waals surface area contributed by atoms with E-state index in [1.807, 2.05) is 38.1 Å². The maximum Gasteiger partial charge on any atom is 0.251 e. The van der Waals surface area contributed by atoms with Crippen molar-refractivity contribution in [2.24, 2.45) is 7.05 Å².